The lowest BCUT2D eigenvalue weighted by Crippen LogP contribution is -2.37. The SMILES string of the molecule is CCN(CC)S(=O)(=O)c1cccc(C(=O)NCCN2C(=O)SC(=Cc3ccccc3)C2=O)c1. The fraction of sp³-hybridized carbons (Fsp3) is 0.261. The molecular weight excluding hydrogens is 462 g/mol. The average Bonchev–Trinajstić information content (AvgIpc) is 3.07. The lowest BCUT2D eigenvalue weighted by Gasteiger charge is -2.18. The van der Waals surface area contributed by atoms with E-state index in [1.807, 2.05) is 30.3 Å². The van der Waals surface area contributed by atoms with Crippen LogP contribution in [0.25, 0.3) is 6.08 Å². The highest BCUT2D eigenvalue weighted by molar-refractivity contribution is 8.18. The van der Waals surface area contributed by atoms with E-state index >= 15 is 0 Å². The molecule has 0 unspecified atom stereocenters. The number of nitrogens with one attached hydrogen (secondary N) is 1. The van der Waals surface area contributed by atoms with Crippen molar-refractivity contribution in [3.05, 3.63) is 70.6 Å². The highest BCUT2D eigenvalue weighted by atomic mass is 32.2. The summed E-state index contributed by atoms with van der Waals surface area (Å²) in [5, 5.41) is 2.25. The second-order valence-corrected chi connectivity index (χ2v) is 10.0. The standard InChI is InChI=1S/C23H25N3O5S2/c1-3-25(4-2)33(30,31)19-12-8-11-18(16-19)21(27)24-13-14-26-22(28)20(32-23(26)29)15-17-9-6-5-7-10-17/h5-12,15-16H,3-4,13-14H2,1-2H3,(H,24,27). The first-order valence-corrected chi connectivity index (χ1v) is 12.7. The van der Waals surface area contributed by atoms with Gasteiger partial charge in [0.15, 0.2) is 0 Å². The van der Waals surface area contributed by atoms with Crippen LogP contribution in [0.15, 0.2) is 64.4 Å². The van der Waals surface area contributed by atoms with E-state index in [2.05, 4.69) is 5.32 Å². The Morgan fingerprint density at radius 1 is 1.06 bits per heavy atom. The molecule has 2 aromatic carbocycles. The summed E-state index contributed by atoms with van der Waals surface area (Å²) in [6.07, 6.45) is 1.66. The molecule has 1 N–H and O–H groups in total. The molecule has 1 saturated heterocycles. The van der Waals surface area contributed by atoms with Crippen LogP contribution in [0, 0.1) is 0 Å². The summed E-state index contributed by atoms with van der Waals surface area (Å²) in [5.41, 5.74) is 0.997. The van der Waals surface area contributed by atoms with Crippen molar-refractivity contribution in [1.29, 1.82) is 0 Å². The first-order valence-electron chi connectivity index (χ1n) is 10.5. The van der Waals surface area contributed by atoms with Crippen LogP contribution in [-0.4, -0.2) is 60.9 Å². The molecule has 1 heterocycles. The van der Waals surface area contributed by atoms with E-state index < -0.39 is 27.1 Å². The molecule has 1 aliphatic rings. The maximum absolute atomic E-state index is 12.7. The molecule has 3 rings (SSSR count). The van der Waals surface area contributed by atoms with Crippen LogP contribution < -0.4 is 5.32 Å². The smallest absolute Gasteiger partial charge is 0.293 e. The number of hydrogen-bond acceptors (Lipinski definition) is 6. The lowest BCUT2D eigenvalue weighted by molar-refractivity contribution is -0.122. The number of amides is 3. The number of nitrogens with zero attached hydrogens (tertiary/aromatic N) is 2. The third kappa shape index (κ3) is 5.70. The molecule has 0 spiro atoms. The first-order chi connectivity index (χ1) is 15.8. The van der Waals surface area contributed by atoms with Gasteiger partial charge in [-0.05, 0) is 41.6 Å². The largest absolute Gasteiger partial charge is 0.350 e. The quantitative estimate of drug-likeness (QED) is 0.545. The Hall–Kier alpha value is -2.95. The van der Waals surface area contributed by atoms with Crippen molar-refractivity contribution < 1.29 is 22.8 Å². The topological polar surface area (TPSA) is 104 Å². The molecule has 0 aromatic heterocycles. The van der Waals surface area contributed by atoms with E-state index in [9.17, 15) is 22.8 Å². The van der Waals surface area contributed by atoms with Crippen LogP contribution in [0.4, 0.5) is 4.79 Å². The minimum Gasteiger partial charge on any atom is -0.350 e. The molecule has 10 heteroatoms. The van der Waals surface area contributed by atoms with Gasteiger partial charge in [-0.1, -0.05) is 50.2 Å². The molecule has 8 nitrogen and oxygen atoms in total. The van der Waals surface area contributed by atoms with E-state index in [0.29, 0.717) is 18.0 Å². The van der Waals surface area contributed by atoms with Gasteiger partial charge >= 0.3 is 0 Å². The molecule has 0 radical (unpaired) electrons. The van der Waals surface area contributed by atoms with Gasteiger partial charge < -0.3 is 5.32 Å². The second kappa shape index (κ2) is 10.8. The molecule has 0 atom stereocenters. The normalized spacial score (nSPS) is 15.5. The molecule has 0 saturated carbocycles. The number of carbonyl (C=O) groups excluding carboxylic acids is 3. The number of carbonyl (C=O) groups is 3. The summed E-state index contributed by atoms with van der Waals surface area (Å²) < 4.78 is 26.7. The van der Waals surface area contributed by atoms with Gasteiger partial charge in [-0.3, -0.25) is 19.3 Å². The fourth-order valence-corrected chi connectivity index (χ4v) is 5.66. The van der Waals surface area contributed by atoms with Gasteiger partial charge in [0.1, 0.15) is 0 Å². The van der Waals surface area contributed by atoms with Crippen LogP contribution >= 0.6 is 11.8 Å². The summed E-state index contributed by atoms with van der Waals surface area (Å²) in [6, 6.07) is 15.0. The van der Waals surface area contributed by atoms with Crippen molar-refractivity contribution in [3.63, 3.8) is 0 Å². The molecule has 1 aliphatic heterocycles. The average molecular weight is 488 g/mol. The molecular formula is C23H25N3O5S2. The molecule has 33 heavy (non-hydrogen) atoms. The van der Waals surface area contributed by atoms with Crippen molar-refractivity contribution in [1.82, 2.24) is 14.5 Å². The van der Waals surface area contributed by atoms with Gasteiger partial charge in [0.2, 0.25) is 10.0 Å². The number of hydrogen-bond donors (Lipinski definition) is 1. The molecule has 174 valence electrons. The lowest BCUT2D eigenvalue weighted by atomic mass is 10.2. The van der Waals surface area contributed by atoms with Crippen LogP contribution in [-0.2, 0) is 14.8 Å². The first kappa shape index (κ1) is 24.7. The summed E-state index contributed by atoms with van der Waals surface area (Å²) in [6.45, 7) is 4.20. The van der Waals surface area contributed by atoms with E-state index in [1.165, 1.54) is 28.6 Å². The third-order valence-corrected chi connectivity index (χ3v) is 7.98. The number of rotatable bonds is 9. The van der Waals surface area contributed by atoms with E-state index in [4.69, 9.17) is 0 Å². The summed E-state index contributed by atoms with van der Waals surface area (Å²) >= 11 is 0.858. The summed E-state index contributed by atoms with van der Waals surface area (Å²) in [5.74, 6) is -0.895. The van der Waals surface area contributed by atoms with Gasteiger partial charge in [-0.25, -0.2) is 8.42 Å². The third-order valence-electron chi connectivity index (χ3n) is 5.03. The minimum absolute atomic E-state index is 0.0139. The van der Waals surface area contributed by atoms with E-state index in [-0.39, 0.29) is 23.5 Å². The molecule has 1 fully saturated rings. The Labute approximate surface area is 197 Å². The fourth-order valence-electron chi connectivity index (χ4n) is 3.29. The highest BCUT2D eigenvalue weighted by Gasteiger charge is 2.34. The summed E-state index contributed by atoms with van der Waals surface area (Å²) in [7, 11) is -3.69. The molecule has 0 bridgehead atoms. The Morgan fingerprint density at radius 3 is 2.42 bits per heavy atom. The van der Waals surface area contributed by atoms with Crippen LogP contribution in [0.5, 0.6) is 0 Å². The maximum Gasteiger partial charge on any atom is 0.293 e. The van der Waals surface area contributed by atoms with Crippen molar-refractivity contribution in [3.8, 4) is 0 Å². The van der Waals surface area contributed by atoms with Gasteiger partial charge in [-0.15, -0.1) is 0 Å². The zero-order valence-electron chi connectivity index (χ0n) is 18.4. The van der Waals surface area contributed by atoms with Crippen LogP contribution in [0.2, 0.25) is 0 Å². The number of imide groups is 1. The van der Waals surface area contributed by atoms with Crippen molar-refractivity contribution in [2.45, 2.75) is 18.7 Å². The van der Waals surface area contributed by atoms with Crippen LogP contribution in [0.3, 0.4) is 0 Å². The Balaban J connectivity index is 1.62. The van der Waals surface area contributed by atoms with Gasteiger partial charge in [0, 0.05) is 31.7 Å². The Bertz CT molecular complexity index is 1180. The zero-order chi connectivity index (χ0) is 24.0. The maximum atomic E-state index is 12.7. The van der Waals surface area contributed by atoms with E-state index in [1.54, 1.807) is 19.9 Å². The monoisotopic (exact) mass is 487 g/mol. The molecule has 3 amide bonds. The second-order valence-electron chi connectivity index (χ2n) is 7.12. The Kier molecular flexibility index (Phi) is 8.06. The minimum atomic E-state index is -3.69. The Morgan fingerprint density at radius 2 is 1.76 bits per heavy atom. The zero-order valence-corrected chi connectivity index (χ0v) is 20.0. The van der Waals surface area contributed by atoms with Gasteiger partial charge in [-0.2, -0.15) is 4.31 Å². The van der Waals surface area contributed by atoms with Crippen molar-refractivity contribution in [2.24, 2.45) is 0 Å². The number of thioether (sulfide) groups is 1. The van der Waals surface area contributed by atoms with Crippen LogP contribution in [0.1, 0.15) is 29.8 Å². The van der Waals surface area contributed by atoms with Crippen molar-refractivity contribution >= 4 is 44.9 Å². The summed E-state index contributed by atoms with van der Waals surface area (Å²) in [4.78, 5) is 38.8. The highest BCUT2D eigenvalue weighted by Crippen LogP contribution is 2.31. The predicted molar refractivity (Wildman–Crippen MR) is 128 cm³/mol. The predicted octanol–water partition coefficient (Wildman–Crippen LogP) is 3.18. The number of benzene rings is 2. The molecule has 2 aromatic rings. The van der Waals surface area contributed by atoms with Gasteiger partial charge in [0.05, 0.1) is 9.80 Å². The van der Waals surface area contributed by atoms with E-state index in [0.717, 1.165) is 22.2 Å². The van der Waals surface area contributed by atoms with Crippen molar-refractivity contribution in [2.75, 3.05) is 26.2 Å². The van der Waals surface area contributed by atoms with Gasteiger partial charge in [0.25, 0.3) is 17.1 Å². The molecule has 0 aliphatic carbocycles. The number of sulfonamides is 1.